The third-order valence-electron chi connectivity index (χ3n) is 4.14. The van der Waals surface area contributed by atoms with Gasteiger partial charge in [-0.15, -0.1) is 0 Å². The Kier molecular flexibility index (Phi) is 5.67. The summed E-state index contributed by atoms with van der Waals surface area (Å²) >= 11 is 0. The predicted octanol–water partition coefficient (Wildman–Crippen LogP) is 2.73. The average molecular weight is 263 g/mol. The molecule has 0 aliphatic heterocycles. The zero-order valence-corrected chi connectivity index (χ0v) is 11.8. The van der Waals surface area contributed by atoms with Crippen LogP contribution in [0.5, 0.6) is 5.75 Å². The Labute approximate surface area is 116 Å². The van der Waals surface area contributed by atoms with Gasteiger partial charge in [0.05, 0.1) is 7.11 Å². The number of methoxy groups -OCH3 is 1. The topological polar surface area (TPSA) is 41.5 Å². The molecule has 1 aromatic rings. The first-order chi connectivity index (χ1) is 9.35. The van der Waals surface area contributed by atoms with Gasteiger partial charge in [-0.05, 0) is 24.8 Å². The van der Waals surface area contributed by atoms with Crippen LogP contribution in [0, 0.1) is 5.92 Å². The molecule has 0 radical (unpaired) electrons. The summed E-state index contributed by atoms with van der Waals surface area (Å²) in [4.78, 5) is 0. The summed E-state index contributed by atoms with van der Waals surface area (Å²) in [6, 6.07) is 8.54. The van der Waals surface area contributed by atoms with E-state index in [1.807, 2.05) is 18.2 Å². The number of nitrogens with one attached hydrogen (secondary N) is 1. The standard InChI is InChI=1S/C16H25NO2/c1-19-16-10-6-5-7-13(16)11-17-15-9-4-2-3-8-14(15)12-18/h5-7,10,14-15,17-18H,2-4,8-9,11-12H2,1H3. The Morgan fingerprint density at radius 1 is 1.21 bits per heavy atom. The average Bonchev–Trinajstić information content (AvgIpc) is 2.70. The van der Waals surface area contributed by atoms with Gasteiger partial charge in [0.15, 0.2) is 0 Å². The minimum Gasteiger partial charge on any atom is -0.496 e. The maximum absolute atomic E-state index is 9.52. The lowest BCUT2D eigenvalue weighted by atomic mass is 9.95. The molecule has 2 atom stereocenters. The van der Waals surface area contributed by atoms with Crippen molar-refractivity contribution in [2.75, 3.05) is 13.7 Å². The Morgan fingerprint density at radius 3 is 2.79 bits per heavy atom. The molecule has 2 rings (SSSR count). The summed E-state index contributed by atoms with van der Waals surface area (Å²) in [5, 5.41) is 13.1. The molecule has 3 heteroatoms. The molecule has 19 heavy (non-hydrogen) atoms. The summed E-state index contributed by atoms with van der Waals surface area (Å²) < 4.78 is 5.37. The van der Waals surface area contributed by atoms with Crippen LogP contribution in [-0.2, 0) is 6.54 Å². The van der Waals surface area contributed by atoms with E-state index < -0.39 is 0 Å². The Bertz CT molecular complexity index is 381. The molecule has 1 saturated carbocycles. The van der Waals surface area contributed by atoms with Crippen LogP contribution in [0.25, 0.3) is 0 Å². The molecule has 0 heterocycles. The second-order valence-electron chi connectivity index (χ2n) is 5.38. The lowest BCUT2D eigenvalue weighted by Gasteiger charge is -2.25. The summed E-state index contributed by atoms with van der Waals surface area (Å²) in [6.07, 6.45) is 6.11. The van der Waals surface area contributed by atoms with Gasteiger partial charge in [-0.3, -0.25) is 0 Å². The zero-order valence-electron chi connectivity index (χ0n) is 11.8. The third-order valence-corrected chi connectivity index (χ3v) is 4.14. The number of benzene rings is 1. The minimum absolute atomic E-state index is 0.295. The van der Waals surface area contributed by atoms with Gasteiger partial charge in [0.1, 0.15) is 5.75 Å². The van der Waals surface area contributed by atoms with Crippen LogP contribution in [-0.4, -0.2) is 24.9 Å². The lowest BCUT2D eigenvalue weighted by molar-refractivity contribution is 0.181. The van der Waals surface area contributed by atoms with Crippen LogP contribution in [0.3, 0.4) is 0 Å². The molecule has 0 saturated heterocycles. The van der Waals surface area contributed by atoms with E-state index in [0.29, 0.717) is 18.6 Å². The molecule has 0 spiro atoms. The first kappa shape index (κ1) is 14.4. The van der Waals surface area contributed by atoms with Crippen molar-refractivity contribution in [2.24, 2.45) is 5.92 Å². The second kappa shape index (κ2) is 7.51. The van der Waals surface area contributed by atoms with E-state index in [1.165, 1.54) is 31.2 Å². The lowest BCUT2D eigenvalue weighted by Crippen LogP contribution is -2.36. The quantitative estimate of drug-likeness (QED) is 0.803. The number of para-hydroxylation sites is 1. The van der Waals surface area contributed by atoms with E-state index in [1.54, 1.807) is 7.11 Å². The number of hydrogen-bond acceptors (Lipinski definition) is 3. The van der Waals surface area contributed by atoms with Gasteiger partial charge in [0.25, 0.3) is 0 Å². The van der Waals surface area contributed by atoms with Gasteiger partial charge < -0.3 is 15.2 Å². The molecule has 0 aromatic heterocycles. The minimum atomic E-state index is 0.295. The molecular formula is C16H25NO2. The molecule has 106 valence electrons. The number of hydrogen-bond donors (Lipinski definition) is 2. The van der Waals surface area contributed by atoms with Crippen molar-refractivity contribution < 1.29 is 9.84 Å². The van der Waals surface area contributed by atoms with E-state index in [2.05, 4.69) is 11.4 Å². The fraction of sp³-hybridized carbons (Fsp3) is 0.625. The molecule has 3 nitrogen and oxygen atoms in total. The Balaban J connectivity index is 1.95. The molecule has 0 bridgehead atoms. The molecular weight excluding hydrogens is 238 g/mol. The molecule has 1 aliphatic carbocycles. The van der Waals surface area contributed by atoms with Crippen molar-refractivity contribution in [1.29, 1.82) is 0 Å². The fourth-order valence-electron chi connectivity index (χ4n) is 2.96. The summed E-state index contributed by atoms with van der Waals surface area (Å²) in [6.45, 7) is 1.11. The monoisotopic (exact) mass is 263 g/mol. The van der Waals surface area contributed by atoms with Crippen LogP contribution < -0.4 is 10.1 Å². The summed E-state index contributed by atoms with van der Waals surface area (Å²) in [7, 11) is 1.71. The van der Waals surface area contributed by atoms with E-state index in [0.717, 1.165) is 18.7 Å². The number of aliphatic hydroxyl groups is 1. The third kappa shape index (κ3) is 3.95. The van der Waals surface area contributed by atoms with Crippen LogP contribution in [0.4, 0.5) is 0 Å². The van der Waals surface area contributed by atoms with Gasteiger partial charge in [0, 0.05) is 24.8 Å². The van der Waals surface area contributed by atoms with Gasteiger partial charge in [-0.2, -0.15) is 0 Å². The van der Waals surface area contributed by atoms with Crippen LogP contribution >= 0.6 is 0 Å². The van der Waals surface area contributed by atoms with E-state index in [4.69, 9.17) is 4.74 Å². The Hall–Kier alpha value is -1.06. The Morgan fingerprint density at radius 2 is 2.00 bits per heavy atom. The zero-order chi connectivity index (χ0) is 13.5. The van der Waals surface area contributed by atoms with Crippen molar-refractivity contribution in [3.05, 3.63) is 29.8 Å². The van der Waals surface area contributed by atoms with Crippen LogP contribution in [0.1, 0.15) is 37.7 Å². The number of ether oxygens (including phenoxy) is 1. The van der Waals surface area contributed by atoms with E-state index >= 15 is 0 Å². The van der Waals surface area contributed by atoms with E-state index in [-0.39, 0.29) is 0 Å². The maximum Gasteiger partial charge on any atom is 0.123 e. The maximum atomic E-state index is 9.52. The first-order valence-electron chi connectivity index (χ1n) is 7.31. The first-order valence-corrected chi connectivity index (χ1v) is 7.31. The summed E-state index contributed by atoms with van der Waals surface area (Å²) in [5.41, 5.74) is 1.19. The molecule has 1 fully saturated rings. The fourth-order valence-corrected chi connectivity index (χ4v) is 2.96. The molecule has 2 N–H and O–H groups in total. The van der Waals surface area contributed by atoms with Crippen LogP contribution in [0.15, 0.2) is 24.3 Å². The number of aliphatic hydroxyl groups excluding tert-OH is 1. The molecule has 1 aromatic carbocycles. The largest absolute Gasteiger partial charge is 0.496 e. The van der Waals surface area contributed by atoms with Gasteiger partial charge in [0.2, 0.25) is 0 Å². The highest BCUT2D eigenvalue weighted by molar-refractivity contribution is 5.33. The molecule has 2 unspecified atom stereocenters. The van der Waals surface area contributed by atoms with Crippen LogP contribution in [0.2, 0.25) is 0 Å². The highest BCUT2D eigenvalue weighted by Gasteiger charge is 2.22. The second-order valence-corrected chi connectivity index (χ2v) is 5.38. The van der Waals surface area contributed by atoms with Gasteiger partial charge >= 0.3 is 0 Å². The van der Waals surface area contributed by atoms with Crippen molar-refractivity contribution in [3.8, 4) is 5.75 Å². The highest BCUT2D eigenvalue weighted by atomic mass is 16.5. The smallest absolute Gasteiger partial charge is 0.123 e. The molecule has 1 aliphatic rings. The highest BCUT2D eigenvalue weighted by Crippen LogP contribution is 2.24. The normalized spacial score (nSPS) is 23.9. The van der Waals surface area contributed by atoms with Crippen molar-refractivity contribution in [2.45, 2.75) is 44.7 Å². The SMILES string of the molecule is COc1ccccc1CNC1CCCCCC1CO. The van der Waals surface area contributed by atoms with Crippen molar-refractivity contribution in [3.63, 3.8) is 0 Å². The van der Waals surface area contributed by atoms with Crippen molar-refractivity contribution >= 4 is 0 Å². The van der Waals surface area contributed by atoms with Crippen molar-refractivity contribution in [1.82, 2.24) is 5.32 Å². The molecule has 0 amide bonds. The number of rotatable bonds is 5. The van der Waals surface area contributed by atoms with E-state index in [9.17, 15) is 5.11 Å². The predicted molar refractivity (Wildman–Crippen MR) is 77.3 cm³/mol. The van der Waals surface area contributed by atoms with Gasteiger partial charge in [-0.25, -0.2) is 0 Å². The summed E-state index contributed by atoms with van der Waals surface area (Å²) in [5.74, 6) is 1.33. The van der Waals surface area contributed by atoms with Gasteiger partial charge in [-0.1, -0.05) is 37.5 Å².